The van der Waals surface area contributed by atoms with E-state index in [-0.39, 0.29) is 0 Å². The first-order valence-electron chi connectivity index (χ1n) is 3.46. The van der Waals surface area contributed by atoms with Crippen molar-refractivity contribution in [1.29, 1.82) is 0 Å². The Morgan fingerprint density at radius 2 is 2.10 bits per heavy atom. The molecule has 0 saturated heterocycles. The van der Waals surface area contributed by atoms with Crippen LogP contribution in [0.5, 0.6) is 0 Å². The number of hydrogen-bond acceptors (Lipinski definition) is 0. The molecule has 0 aromatic heterocycles. The molecule has 0 atom stereocenters. The van der Waals surface area contributed by atoms with Gasteiger partial charge in [-0.05, 0) is 6.04 Å². The van der Waals surface area contributed by atoms with Crippen LogP contribution in [0.15, 0.2) is 24.8 Å². The van der Waals surface area contributed by atoms with Crippen LogP contribution in [0.1, 0.15) is 0 Å². The zero-order valence-electron chi connectivity index (χ0n) is 6.73. The first-order chi connectivity index (χ1) is 4.62. The van der Waals surface area contributed by atoms with E-state index in [0.717, 1.165) is 11.5 Å². The maximum Gasteiger partial charge on any atom is 0.0676 e. The van der Waals surface area contributed by atoms with E-state index >= 15 is 0 Å². The van der Waals surface area contributed by atoms with Gasteiger partial charge in [0.2, 0.25) is 0 Å². The standard InChI is InChI=1S/C8H15ClSi/c1-4-5-6-7-10(2,3)8-9/h4-6H,1,7-8H2,2-3H3/b6-5+. The van der Waals surface area contributed by atoms with Crippen LogP contribution in [0.4, 0.5) is 0 Å². The topological polar surface area (TPSA) is 0 Å². The van der Waals surface area contributed by atoms with Crippen molar-refractivity contribution in [3.05, 3.63) is 24.8 Å². The van der Waals surface area contributed by atoms with Gasteiger partial charge in [0.05, 0.1) is 8.07 Å². The lowest BCUT2D eigenvalue weighted by Gasteiger charge is -2.15. The summed E-state index contributed by atoms with van der Waals surface area (Å²) in [6.07, 6.45) is 5.95. The predicted molar refractivity (Wildman–Crippen MR) is 52.3 cm³/mol. The van der Waals surface area contributed by atoms with Crippen LogP contribution in [-0.4, -0.2) is 13.6 Å². The Labute approximate surface area is 69.6 Å². The summed E-state index contributed by atoms with van der Waals surface area (Å²) < 4.78 is 0. The molecule has 0 amide bonds. The van der Waals surface area contributed by atoms with Crippen LogP contribution in [0.3, 0.4) is 0 Å². The molecule has 0 heterocycles. The Kier molecular flexibility index (Phi) is 4.74. The molecule has 10 heavy (non-hydrogen) atoms. The SMILES string of the molecule is C=C/C=C/C[Si](C)(C)CCl. The maximum absolute atomic E-state index is 5.77. The van der Waals surface area contributed by atoms with Gasteiger partial charge in [-0.2, -0.15) is 0 Å². The monoisotopic (exact) mass is 174 g/mol. The average molecular weight is 175 g/mol. The fourth-order valence-corrected chi connectivity index (χ4v) is 1.75. The molecule has 0 N–H and O–H groups in total. The van der Waals surface area contributed by atoms with E-state index in [1.165, 1.54) is 0 Å². The highest BCUT2D eigenvalue weighted by molar-refractivity contribution is 6.83. The van der Waals surface area contributed by atoms with Gasteiger partial charge in [0, 0.05) is 5.50 Å². The molecule has 0 saturated carbocycles. The van der Waals surface area contributed by atoms with Crippen molar-refractivity contribution in [3.63, 3.8) is 0 Å². The smallest absolute Gasteiger partial charge is 0.0676 e. The van der Waals surface area contributed by atoms with E-state index in [0.29, 0.717) is 0 Å². The van der Waals surface area contributed by atoms with E-state index in [2.05, 4.69) is 25.7 Å². The number of rotatable bonds is 4. The molecule has 0 aliphatic rings. The van der Waals surface area contributed by atoms with Gasteiger partial charge in [-0.1, -0.05) is 37.9 Å². The van der Waals surface area contributed by atoms with Crippen molar-refractivity contribution in [3.8, 4) is 0 Å². The van der Waals surface area contributed by atoms with Crippen LogP contribution in [0.2, 0.25) is 19.1 Å². The van der Waals surface area contributed by atoms with E-state index in [1.54, 1.807) is 6.08 Å². The summed E-state index contributed by atoms with van der Waals surface area (Å²) in [6, 6.07) is 1.16. The van der Waals surface area contributed by atoms with Gasteiger partial charge in [-0.25, -0.2) is 0 Å². The number of halogens is 1. The minimum Gasteiger partial charge on any atom is -0.130 e. The number of allylic oxidation sites excluding steroid dienone is 3. The Bertz CT molecular complexity index is 127. The van der Waals surface area contributed by atoms with Gasteiger partial charge in [0.25, 0.3) is 0 Å². The van der Waals surface area contributed by atoms with E-state index in [1.807, 2.05) is 6.08 Å². The zero-order chi connectivity index (χ0) is 8.04. The highest BCUT2D eigenvalue weighted by atomic mass is 35.5. The fourth-order valence-electron chi connectivity index (χ4n) is 0.538. The van der Waals surface area contributed by atoms with Crippen molar-refractivity contribution >= 4 is 19.7 Å². The summed E-state index contributed by atoms with van der Waals surface area (Å²) in [7, 11) is -1.08. The largest absolute Gasteiger partial charge is 0.130 e. The Morgan fingerprint density at radius 3 is 2.50 bits per heavy atom. The molecule has 0 aliphatic heterocycles. The number of hydrogen-bond donors (Lipinski definition) is 0. The van der Waals surface area contributed by atoms with Crippen molar-refractivity contribution in [2.24, 2.45) is 0 Å². The summed E-state index contributed by atoms with van der Waals surface area (Å²) in [6.45, 7) is 8.17. The summed E-state index contributed by atoms with van der Waals surface area (Å²) >= 11 is 5.77. The maximum atomic E-state index is 5.77. The van der Waals surface area contributed by atoms with Crippen LogP contribution < -0.4 is 0 Å². The van der Waals surface area contributed by atoms with Crippen LogP contribution >= 0.6 is 11.6 Å². The zero-order valence-corrected chi connectivity index (χ0v) is 8.49. The lowest BCUT2D eigenvalue weighted by Crippen LogP contribution is -2.26. The highest BCUT2D eigenvalue weighted by Gasteiger charge is 2.16. The van der Waals surface area contributed by atoms with Crippen molar-refractivity contribution in [2.75, 3.05) is 5.50 Å². The molecule has 0 aromatic rings. The minimum absolute atomic E-state index is 0.842. The van der Waals surface area contributed by atoms with Crippen LogP contribution in [0, 0.1) is 0 Å². The second-order valence-corrected chi connectivity index (χ2v) is 8.97. The summed E-state index contributed by atoms with van der Waals surface area (Å²) in [5.74, 6) is 0. The van der Waals surface area contributed by atoms with Crippen molar-refractivity contribution in [2.45, 2.75) is 19.1 Å². The molecule has 0 aliphatic carbocycles. The highest BCUT2D eigenvalue weighted by Crippen LogP contribution is 2.11. The lowest BCUT2D eigenvalue weighted by molar-refractivity contribution is 1.49. The molecule has 0 spiro atoms. The minimum atomic E-state index is -1.08. The molecular weight excluding hydrogens is 160 g/mol. The summed E-state index contributed by atoms with van der Waals surface area (Å²) in [5.41, 5.74) is 0.842. The van der Waals surface area contributed by atoms with Crippen LogP contribution in [0.25, 0.3) is 0 Å². The summed E-state index contributed by atoms with van der Waals surface area (Å²) in [5, 5.41) is 0. The van der Waals surface area contributed by atoms with Gasteiger partial charge in [-0.15, -0.1) is 11.6 Å². The molecule has 58 valence electrons. The fraction of sp³-hybridized carbons (Fsp3) is 0.500. The Morgan fingerprint density at radius 1 is 1.50 bits per heavy atom. The first kappa shape index (κ1) is 9.99. The van der Waals surface area contributed by atoms with E-state index in [4.69, 9.17) is 11.6 Å². The molecule has 0 fully saturated rings. The molecule has 0 rings (SSSR count). The average Bonchev–Trinajstić information content (AvgIpc) is 1.89. The third kappa shape index (κ3) is 4.83. The molecule has 0 bridgehead atoms. The van der Waals surface area contributed by atoms with Crippen LogP contribution in [-0.2, 0) is 0 Å². The van der Waals surface area contributed by atoms with Gasteiger partial charge in [0.15, 0.2) is 0 Å². The number of alkyl halides is 1. The normalized spacial score (nSPS) is 12.3. The first-order valence-corrected chi connectivity index (χ1v) is 7.41. The molecular formula is C8H15ClSi. The third-order valence-electron chi connectivity index (χ3n) is 1.30. The van der Waals surface area contributed by atoms with Crippen molar-refractivity contribution < 1.29 is 0 Å². The predicted octanol–water partition coefficient (Wildman–Crippen LogP) is 3.22. The quantitative estimate of drug-likeness (QED) is 0.349. The Hall–Kier alpha value is -0.0131. The van der Waals surface area contributed by atoms with Gasteiger partial charge < -0.3 is 0 Å². The lowest BCUT2D eigenvalue weighted by atomic mass is 10.5. The molecule has 0 nitrogen and oxygen atoms in total. The molecule has 0 unspecified atom stereocenters. The molecule has 0 aromatic carbocycles. The molecule has 0 radical (unpaired) electrons. The van der Waals surface area contributed by atoms with Gasteiger partial charge >= 0.3 is 0 Å². The third-order valence-corrected chi connectivity index (χ3v) is 5.54. The second kappa shape index (κ2) is 4.75. The molecule has 2 heteroatoms. The Balaban J connectivity index is 3.66. The van der Waals surface area contributed by atoms with E-state index in [9.17, 15) is 0 Å². The van der Waals surface area contributed by atoms with E-state index < -0.39 is 8.07 Å². The van der Waals surface area contributed by atoms with Crippen molar-refractivity contribution in [1.82, 2.24) is 0 Å². The summed E-state index contributed by atoms with van der Waals surface area (Å²) in [4.78, 5) is 0. The second-order valence-electron chi connectivity index (χ2n) is 3.17. The van der Waals surface area contributed by atoms with Gasteiger partial charge in [-0.3, -0.25) is 0 Å². The van der Waals surface area contributed by atoms with Gasteiger partial charge in [0.1, 0.15) is 0 Å².